The molecule has 0 spiro atoms. The van der Waals surface area contributed by atoms with Gasteiger partial charge in [0.15, 0.2) is 0 Å². The van der Waals surface area contributed by atoms with E-state index < -0.39 is 10.0 Å². The van der Waals surface area contributed by atoms with E-state index in [1.807, 2.05) is 31.9 Å². The number of benzene rings is 1. The summed E-state index contributed by atoms with van der Waals surface area (Å²) >= 11 is 0. The number of sulfonamides is 1. The number of aromatic amines is 1. The first kappa shape index (κ1) is 22.1. The Morgan fingerprint density at radius 1 is 1.15 bits per heavy atom. The molecule has 33 heavy (non-hydrogen) atoms. The predicted octanol–water partition coefficient (Wildman–Crippen LogP) is 2.15. The maximum Gasteiger partial charge on any atom is 0.278 e. The number of aromatic nitrogens is 5. The summed E-state index contributed by atoms with van der Waals surface area (Å²) in [6.07, 6.45) is 6.45. The van der Waals surface area contributed by atoms with Crippen molar-refractivity contribution in [3.8, 4) is 11.3 Å². The predicted molar refractivity (Wildman–Crippen MR) is 126 cm³/mol. The summed E-state index contributed by atoms with van der Waals surface area (Å²) in [6.45, 7) is 0.955. The zero-order valence-electron chi connectivity index (χ0n) is 19.2. The van der Waals surface area contributed by atoms with E-state index in [0.29, 0.717) is 19.1 Å². The third kappa shape index (κ3) is 4.04. The lowest BCUT2D eigenvalue weighted by atomic mass is 10.0. The molecule has 2 aliphatic rings. The summed E-state index contributed by atoms with van der Waals surface area (Å²) in [5.41, 5.74) is 5.42. The van der Waals surface area contributed by atoms with Crippen LogP contribution in [0.15, 0.2) is 29.6 Å². The van der Waals surface area contributed by atoms with Gasteiger partial charge in [0.1, 0.15) is 0 Å². The molecule has 1 aliphatic carbocycles. The largest absolute Gasteiger partial charge is 0.322 e. The van der Waals surface area contributed by atoms with Gasteiger partial charge in [0.25, 0.3) is 15.2 Å². The first-order valence-electron chi connectivity index (χ1n) is 11.3. The lowest BCUT2D eigenvalue weighted by molar-refractivity contribution is 0.196. The molecule has 1 fully saturated rings. The van der Waals surface area contributed by atoms with Gasteiger partial charge in [-0.15, -0.1) is 5.10 Å². The van der Waals surface area contributed by atoms with Crippen molar-refractivity contribution < 1.29 is 8.42 Å². The summed E-state index contributed by atoms with van der Waals surface area (Å²) in [5, 5.41) is 14.4. The Balaban J connectivity index is 1.42. The number of anilines is 2. The van der Waals surface area contributed by atoms with Crippen LogP contribution in [0.5, 0.6) is 0 Å². The number of rotatable bonds is 6. The van der Waals surface area contributed by atoms with Crippen molar-refractivity contribution in [1.82, 2.24) is 34.2 Å². The fourth-order valence-corrected chi connectivity index (χ4v) is 6.21. The molecule has 1 aliphatic heterocycles. The second-order valence-corrected chi connectivity index (χ2v) is 10.9. The van der Waals surface area contributed by atoms with E-state index in [9.17, 15) is 8.42 Å². The second-order valence-electron chi connectivity index (χ2n) is 9.01. The lowest BCUT2D eigenvalue weighted by Gasteiger charge is -2.33. The molecule has 11 heteroatoms. The SMILES string of the molecule is CN(C)C1CCN(S(=O)(=O)c2nc(Nc3c(-c4ccnn4C)ccc4c3CCC4)n[nH]2)CC1. The molecule has 176 valence electrons. The van der Waals surface area contributed by atoms with Crippen LogP contribution in [0, 0.1) is 0 Å². The first-order chi connectivity index (χ1) is 15.8. The summed E-state index contributed by atoms with van der Waals surface area (Å²) in [5.74, 6) is 0.250. The summed E-state index contributed by atoms with van der Waals surface area (Å²) < 4.78 is 29.6. The van der Waals surface area contributed by atoms with E-state index in [-0.39, 0.29) is 11.1 Å². The van der Waals surface area contributed by atoms with Crippen LogP contribution in [-0.4, -0.2) is 75.8 Å². The molecule has 0 atom stereocenters. The van der Waals surface area contributed by atoms with Crippen molar-refractivity contribution in [3.63, 3.8) is 0 Å². The van der Waals surface area contributed by atoms with Crippen LogP contribution in [-0.2, 0) is 29.9 Å². The highest BCUT2D eigenvalue weighted by molar-refractivity contribution is 7.88. The number of nitrogens with one attached hydrogen (secondary N) is 2. The van der Waals surface area contributed by atoms with Gasteiger partial charge in [-0.2, -0.15) is 14.4 Å². The smallest absolute Gasteiger partial charge is 0.278 e. The van der Waals surface area contributed by atoms with E-state index >= 15 is 0 Å². The van der Waals surface area contributed by atoms with E-state index in [0.717, 1.165) is 49.0 Å². The van der Waals surface area contributed by atoms with Crippen LogP contribution in [0.2, 0.25) is 0 Å². The van der Waals surface area contributed by atoms with Crippen molar-refractivity contribution in [1.29, 1.82) is 0 Å². The Bertz CT molecular complexity index is 1260. The minimum atomic E-state index is -3.72. The number of hydrogen-bond acceptors (Lipinski definition) is 7. The Labute approximate surface area is 194 Å². The molecular weight excluding hydrogens is 440 g/mol. The molecule has 0 radical (unpaired) electrons. The molecule has 1 saturated heterocycles. The zero-order chi connectivity index (χ0) is 23.2. The number of nitrogens with zero attached hydrogens (tertiary/aromatic N) is 6. The maximum atomic E-state index is 13.2. The average Bonchev–Trinajstić information content (AvgIpc) is 3.55. The molecule has 1 aromatic carbocycles. The number of aryl methyl sites for hydroxylation is 2. The van der Waals surface area contributed by atoms with Gasteiger partial charge in [0.2, 0.25) is 5.95 Å². The van der Waals surface area contributed by atoms with Gasteiger partial charge in [0, 0.05) is 37.9 Å². The highest BCUT2D eigenvalue weighted by Gasteiger charge is 2.33. The molecule has 3 heterocycles. The van der Waals surface area contributed by atoms with Crippen LogP contribution in [0.3, 0.4) is 0 Å². The monoisotopic (exact) mass is 470 g/mol. The quantitative estimate of drug-likeness (QED) is 0.568. The zero-order valence-corrected chi connectivity index (χ0v) is 20.1. The molecule has 0 bridgehead atoms. The molecule has 0 saturated carbocycles. The van der Waals surface area contributed by atoms with Crippen LogP contribution in [0.4, 0.5) is 11.6 Å². The van der Waals surface area contributed by atoms with Gasteiger partial charge >= 0.3 is 0 Å². The third-order valence-corrected chi connectivity index (χ3v) is 8.54. The Hall–Kier alpha value is -2.76. The Morgan fingerprint density at radius 3 is 2.64 bits per heavy atom. The second kappa shape index (κ2) is 8.54. The minimum Gasteiger partial charge on any atom is -0.322 e. The van der Waals surface area contributed by atoms with E-state index in [1.54, 1.807) is 6.20 Å². The van der Waals surface area contributed by atoms with Gasteiger partial charge < -0.3 is 10.2 Å². The fourth-order valence-electron chi connectivity index (χ4n) is 4.91. The number of hydrogen-bond donors (Lipinski definition) is 2. The van der Waals surface area contributed by atoms with Crippen molar-refractivity contribution in [2.75, 3.05) is 32.5 Å². The minimum absolute atomic E-state index is 0.122. The number of H-pyrrole nitrogens is 1. The van der Waals surface area contributed by atoms with Gasteiger partial charge in [-0.25, -0.2) is 13.5 Å². The molecule has 0 amide bonds. The molecule has 10 nitrogen and oxygen atoms in total. The van der Waals surface area contributed by atoms with Crippen molar-refractivity contribution in [2.24, 2.45) is 7.05 Å². The normalized spacial score (nSPS) is 17.6. The topological polar surface area (TPSA) is 112 Å². The number of piperidine rings is 1. The van der Waals surface area contributed by atoms with Crippen molar-refractivity contribution in [3.05, 3.63) is 35.5 Å². The summed E-state index contributed by atoms with van der Waals surface area (Å²) in [6, 6.07) is 6.62. The molecule has 3 aromatic rings. The lowest BCUT2D eigenvalue weighted by Crippen LogP contribution is -2.44. The van der Waals surface area contributed by atoms with E-state index in [4.69, 9.17) is 0 Å². The van der Waals surface area contributed by atoms with Crippen LogP contribution >= 0.6 is 0 Å². The van der Waals surface area contributed by atoms with Gasteiger partial charge in [-0.3, -0.25) is 4.68 Å². The van der Waals surface area contributed by atoms with Gasteiger partial charge in [-0.1, -0.05) is 12.1 Å². The molecular formula is C22H30N8O2S. The van der Waals surface area contributed by atoms with Crippen molar-refractivity contribution >= 4 is 21.7 Å². The Morgan fingerprint density at radius 2 is 1.94 bits per heavy atom. The fraction of sp³-hybridized carbons (Fsp3) is 0.500. The van der Waals surface area contributed by atoms with E-state index in [2.05, 4.69) is 42.6 Å². The highest BCUT2D eigenvalue weighted by atomic mass is 32.2. The standard InChI is InChI=1S/C22H30N8O2S/c1-28(2)16-10-13-30(14-11-16)33(31,32)22-25-21(26-27-22)24-20-17-6-4-5-15(17)7-8-18(20)19-9-12-23-29(19)3/h7-9,12,16H,4-6,10-11,13-14H2,1-3H3,(H2,24,25,26,27). The highest BCUT2D eigenvalue weighted by Crippen LogP contribution is 2.38. The Kier molecular flexibility index (Phi) is 5.71. The molecule has 2 N–H and O–H groups in total. The van der Waals surface area contributed by atoms with Gasteiger partial charge in [-0.05, 0) is 63.4 Å². The molecule has 0 unspecified atom stereocenters. The number of fused-ring (bicyclic) bond motifs is 1. The first-order valence-corrected chi connectivity index (χ1v) is 12.8. The maximum absolute atomic E-state index is 13.2. The van der Waals surface area contributed by atoms with Crippen LogP contribution < -0.4 is 5.32 Å². The van der Waals surface area contributed by atoms with E-state index in [1.165, 1.54) is 15.4 Å². The summed E-state index contributed by atoms with van der Waals surface area (Å²) in [4.78, 5) is 6.49. The molecule has 5 rings (SSSR count). The van der Waals surface area contributed by atoms with Crippen LogP contribution in [0.25, 0.3) is 11.3 Å². The molecule has 2 aromatic heterocycles. The third-order valence-electron chi connectivity index (χ3n) is 6.82. The van der Waals surface area contributed by atoms with Gasteiger partial charge in [0.05, 0.1) is 11.4 Å². The van der Waals surface area contributed by atoms with Crippen molar-refractivity contribution in [2.45, 2.75) is 43.3 Å². The average molecular weight is 471 g/mol. The van der Waals surface area contributed by atoms with Crippen LogP contribution in [0.1, 0.15) is 30.4 Å². The summed E-state index contributed by atoms with van der Waals surface area (Å²) in [7, 11) is 2.25.